The molecule has 0 saturated carbocycles. The first-order valence-electron chi connectivity index (χ1n) is 13.1. The van der Waals surface area contributed by atoms with E-state index in [9.17, 15) is 13.6 Å². The summed E-state index contributed by atoms with van der Waals surface area (Å²) in [5, 5.41) is 9.02. The Morgan fingerprint density at radius 3 is 2.67 bits per heavy atom. The Kier molecular flexibility index (Phi) is 8.12. The number of nitrogens with zero attached hydrogens (tertiary/aromatic N) is 5. The van der Waals surface area contributed by atoms with E-state index in [2.05, 4.69) is 16.0 Å². The van der Waals surface area contributed by atoms with Crippen molar-refractivity contribution in [2.24, 2.45) is 5.92 Å². The highest BCUT2D eigenvalue weighted by Gasteiger charge is 2.35. The number of pyridine rings is 1. The lowest BCUT2D eigenvalue weighted by molar-refractivity contribution is -0.0504. The average molecular weight is 540 g/mol. The van der Waals surface area contributed by atoms with Crippen molar-refractivity contribution in [3.05, 3.63) is 42.2 Å². The van der Waals surface area contributed by atoms with Gasteiger partial charge in [-0.25, -0.2) is 4.98 Å². The van der Waals surface area contributed by atoms with Crippen LogP contribution in [0.3, 0.4) is 0 Å². The summed E-state index contributed by atoms with van der Waals surface area (Å²) in [4.78, 5) is 21.4. The Morgan fingerprint density at radius 2 is 1.95 bits per heavy atom. The number of amides is 1. The van der Waals surface area contributed by atoms with Gasteiger partial charge in [-0.05, 0) is 50.6 Å². The van der Waals surface area contributed by atoms with Crippen molar-refractivity contribution in [3.63, 3.8) is 0 Å². The SMILES string of the molecule is COc1cc(-c2cnc3cc(OCCCN4CCCCC4)ccn23)cc(OC(F)F)c1C(=O)N1CC(C#N)C1. The fraction of sp³-hybridized carbons (Fsp3) is 0.464. The zero-order chi connectivity index (χ0) is 27.4. The van der Waals surface area contributed by atoms with Crippen LogP contribution in [0.2, 0.25) is 0 Å². The summed E-state index contributed by atoms with van der Waals surface area (Å²) < 4.78 is 44.7. The van der Waals surface area contributed by atoms with E-state index in [0.29, 0.717) is 29.3 Å². The normalized spacial score (nSPS) is 16.2. The number of carbonyl (C=O) groups excluding carboxylic acids is 1. The number of methoxy groups -OCH3 is 1. The van der Waals surface area contributed by atoms with Gasteiger partial charge in [-0.1, -0.05) is 6.42 Å². The molecular weight excluding hydrogens is 508 g/mol. The van der Waals surface area contributed by atoms with Crippen molar-refractivity contribution in [2.45, 2.75) is 32.3 Å². The van der Waals surface area contributed by atoms with Gasteiger partial charge in [0.2, 0.25) is 0 Å². The molecule has 11 heteroatoms. The van der Waals surface area contributed by atoms with Crippen molar-refractivity contribution >= 4 is 11.6 Å². The van der Waals surface area contributed by atoms with Crippen LogP contribution in [-0.4, -0.2) is 78.1 Å². The standard InChI is InChI=1S/C28H31F2N5O4/c1-37-23-12-20(13-24(39-28(29)30)26(23)27(36)34-17-19(15-31)18-34)22-16-32-25-14-21(6-10-35(22)25)38-11-5-9-33-7-3-2-4-8-33/h6,10,12-14,16,19,28H,2-5,7-9,11,17-18H2,1H3. The van der Waals surface area contributed by atoms with Crippen LogP contribution in [0.4, 0.5) is 8.78 Å². The van der Waals surface area contributed by atoms with E-state index in [1.165, 1.54) is 37.3 Å². The van der Waals surface area contributed by atoms with Gasteiger partial charge in [-0.2, -0.15) is 14.0 Å². The van der Waals surface area contributed by atoms with Crippen LogP contribution in [0.1, 0.15) is 36.0 Å². The first-order chi connectivity index (χ1) is 19.0. The predicted octanol–water partition coefficient (Wildman–Crippen LogP) is 4.46. The summed E-state index contributed by atoms with van der Waals surface area (Å²) in [6.07, 6.45) is 8.21. The number of nitriles is 1. The molecule has 0 aliphatic carbocycles. The van der Waals surface area contributed by atoms with Gasteiger partial charge in [0.25, 0.3) is 5.91 Å². The highest BCUT2D eigenvalue weighted by Crippen LogP contribution is 2.38. The van der Waals surface area contributed by atoms with E-state index in [1.54, 1.807) is 22.9 Å². The Bertz CT molecular complexity index is 1360. The number of rotatable bonds is 10. The molecule has 2 aliphatic heterocycles. The summed E-state index contributed by atoms with van der Waals surface area (Å²) >= 11 is 0. The highest BCUT2D eigenvalue weighted by atomic mass is 19.3. The maximum Gasteiger partial charge on any atom is 0.387 e. The molecule has 4 heterocycles. The zero-order valence-corrected chi connectivity index (χ0v) is 21.8. The Labute approximate surface area is 225 Å². The van der Waals surface area contributed by atoms with Gasteiger partial charge >= 0.3 is 6.61 Å². The molecule has 0 bridgehead atoms. The van der Waals surface area contributed by atoms with Gasteiger partial charge in [0.15, 0.2) is 0 Å². The van der Waals surface area contributed by atoms with E-state index in [4.69, 9.17) is 19.5 Å². The number of hydrogen-bond acceptors (Lipinski definition) is 7. The molecular formula is C28H31F2N5O4. The smallest absolute Gasteiger partial charge is 0.387 e. The molecule has 1 amide bonds. The van der Waals surface area contributed by atoms with Crippen LogP contribution in [0, 0.1) is 17.2 Å². The molecule has 5 rings (SSSR count). The van der Waals surface area contributed by atoms with Crippen molar-refractivity contribution in [1.82, 2.24) is 19.2 Å². The van der Waals surface area contributed by atoms with Crippen LogP contribution in [0.15, 0.2) is 36.7 Å². The molecule has 39 heavy (non-hydrogen) atoms. The molecule has 2 saturated heterocycles. The van der Waals surface area contributed by atoms with Gasteiger partial charge in [0.1, 0.15) is 28.5 Å². The maximum atomic E-state index is 13.4. The van der Waals surface area contributed by atoms with E-state index in [1.807, 2.05) is 12.1 Å². The van der Waals surface area contributed by atoms with E-state index >= 15 is 0 Å². The fourth-order valence-corrected chi connectivity index (χ4v) is 5.11. The second kappa shape index (κ2) is 11.9. The first kappa shape index (κ1) is 26.7. The maximum absolute atomic E-state index is 13.4. The van der Waals surface area contributed by atoms with Crippen LogP contribution < -0.4 is 14.2 Å². The third kappa shape index (κ3) is 5.91. The van der Waals surface area contributed by atoms with Crippen molar-refractivity contribution in [1.29, 1.82) is 5.26 Å². The lowest BCUT2D eigenvalue weighted by atomic mass is 9.99. The number of carbonyl (C=O) groups is 1. The number of aromatic nitrogens is 2. The number of likely N-dealkylation sites (tertiary alicyclic amines) is 2. The highest BCUT2D eigenvalue weighted by molar-refractivity contribution is 6.01. The summed E-state index contributed by atoms with van der Waals surface area (Å²) in [6, 6.07) is 8.74. The molecule has 206 valence electrons. The van der Waals surface area contributed by atoms with Gasteiger partial charge in [0, 0.05) is 37.5 Å². The minimum atomic E-state index is -3.14. The van der Waals surface area contributed by atoms with Gasteiger partial charge in [0.05, 0.1) is 37.6 Å². The molecule has 0 N–H and O–H groups in total. The number of benzene rings is 1. The number of piperidine rings is 1. The molecule has 0 radical (unpaired) electrons. The third-order valence-corrected chi connectivity index (χ3v) is 7.18. The molecule has 0 unspecified atom stereocenters. The third-order valence-electron chi connectivity index (χ3n) is 7.18. The molecule has 2 aromatic heterocycles. The summed E-state index contributed by atoms with van der Waals surface area (Å²) in [6.45, 7) is 1.26. The molecule has 9 nitrogen and oxygen atoms in total. The van der Waals surface area contributed by atoms with E-state index in [-0.39, 0.29) is 36.1 Å². The number of hydrogen-bond donors (Lipinski definition) is 0. The number of imidazole rings is 1. The second-order valence-corrected chi connectivity index (χ2v) is 9.80. The number of alkyl halides is 2. The van der Waals surface area contributed by atoms with E-state index in [0.717, 1.165) is 26.1 Å². The molecule has 0 spiro atoms. The average Bonchev–Trinajstić information content (AvgIpc) is 3.33. The Hall–Kier alpha value is -3.91. The Morgan fingerprint density at radius 1 is 1.18 bits per heavy atom. The lowest BCUT2D eigenvalue weighted by Crippen LogP contribution is -2.49. The van der Waals surface area contributed by atoms with Gasteiger partial charge < -0.3 is 24.0 Å². The van der Waals surface area contributed by atoms with Crippen LogP contribution in [0.25, 0.3) is 16.9 Å². The molecule has 1 aromatic carbocycles. The number of ether oxygens (including phenoxy) is 3. The topological polar surface area (TPSA) is 92.3 Å². The minimum Gasteiger partial charge on any atom is -0.496 e. The van der Waals surface area contributed by atoms with Gasteiger partial charge in [-0.3, -0.25) is 9.20 Å². The summed E-state index contributed by atoms with van der Waals surface area (Å²) in [5.74, 6) is -0.310. The quantitative estimate of drug-likeness (QED) is 0.351. The number of fused-ring (bicyclic) bond motifs is 1. The largest absolute Gasteiger partial charge is 0.496 e. The van der Waals surface area contributed by atoms with Crippen molar-refractivity contribution in [3.8, 4) is 34.6 Å². The lowest BCUT2D eigenvalue weighted by Gasteiger charge is -2.35. The van der Waals surface area contributed by atoms with Crippen LogP contribution in [0.5, 0.6) is 17.2 Å². The first-order valence-corrected chi connectivity index (χ1v) is 13.1. The zero-order valence-electron chi connectivity index (χ0n) is 21.8. The van der Waals surface area contributed by atoms with Crippen LogP contribution in [-0.2, 0) is 0 Å². The van der Waals surface area contributed by atoms with Crippen molar-refractivity contribution < 1.29 is 27.8 Å². The molecule has 2 aliphatic rings. The second-order valence-electron chi connectivity index (χ2n) is 9.80. The summed E-state index contributed by atoms with van der Waals surface area (Å²) in [7, 11) is 1.36. The van der Waals surface area contributed by atoms with Crippen LogP contribution >= 0.6 is 0 Å². The minimum absolute atomic E-state index is 0.0946. The molecule has 0 atom stereocenters. The Balaban J connectivity index is 1.35. The summed E-state index contributed by atoms with van der Waals surface area (Å²) in [5.41, 5.74) is 1.61. The van der Waals surface area contributed by atoms with E-state index < -0.39 is 12.5 Å². The van der Waals surface area contributed by atoms with Crippen molar-refractivity contribution in [2.75, 3.05) is 46.4 Å². The number of halogens is 2. The predicted molar refractivity (Wildman–Crippen MR) is 139 cm³/mol. The molecule has 3 aromatic rings. The monoisotopic (exact) mass is 539 g/mol. The fourth-order valence-electron chi connectivity index (χ4n) is 5.11. The molecule has 2 fully saturated rings. The van der Waals surface area contributed by atoms with Gasteiger partial charge in [-0.15, -0.1) is 0 Å².